The van der Waals surface area contributed by atoms with Crippen LogP contribution in [0.25, 0.3) is 0 Å². The fourth-order valence-corrected chi connectivity index (χ4v) is 2.66. The van der Waals surface area contributed by atoms with Crippen LogP contribution in [0.4, 0.5) is 0 Å². The Hall–Kier alpha value is -2.08. The molecule has 1 fully saturated rings. The van der Waals surface area contributed by atoms with Gasteiger partial charge in [-0.25, -0.2) is 0 Å². The molecule has 1 heterocycles. The standard InChI is InChI=1S/C18H26N2O4/c1-14(21)20(13-15-5-7-16(23-2)8-6-15)10-9-18(22)19-12-17-4-3-11-24-17/h5-8,17H,3-4,9-13H2,1-2H3,(H,19,22). The Kier molecular flexibility index (Phi) is 7.06. The number of carbonyl (C=O) groups is 2. The number of ether oxygens (including phenoxy) is 2. The van der Waals surface area contributed by atoms with Gasteiger partial charge in [0.2, 0.25) is 11.8 Å². The van der Waals surface area contributed by atoms with Crippen molar-refractivity contribution >= 4 is 11.8 Å². The molecule has 0 aliphatic carbocycles. The van der Waals surface area contributed by atoms with Gasteiger partial charge in [-0.15, -0.1) is 0 Å². The Morgan fingerprint density at radius 3 is 2.67 bits per heavy atom. The number of rotatable bonds is 8. The summed E-state index contributed by atoms with van der Waals surface area (Å²) in [5.41, 5.74) is 1.01. The lowest BCUT2D eigenvalue weighted by atomic mass is 10.2. The molecule has 1 aromatic rings. The number of nitrogens with one attached hydrogen (secondary N) is 1. The molecule has 2 rings (SSSR count). The molecule has 2 amide bonds. The van der Waals surface area contributed by atoms with E-state index in [0.717, 1.165) is 30.8 Å². The van der Waals surface area contributed by atoms with E-state index in [1.165, 1.54) is 6.92 Å². The molecule has 0 radical (unpaired) electrons. The number of carbonyl (C=O) groups excluding carboxylic acids is 2. The van der Waals surface area contributed by atoms with Crippen LogP contribution in [0.5, 0.6) is 5.75 Å². The maximum Gasteiger partial charge on any atom is 0.221 e. The predicted octanol–water partition coefficient (Wildman–Crippen LogP) is 1.73. The van der Waals surface area contributed by atoms with Crippen molar-refractivity contribution in [2.45, 2.75) is 38.8 Å². The van der Waals surface area contributed by atoms with Crippen LogP contribution in [0.15, 0.2) is 24.3 Å². The highest BCUT2D eigenvalue weighted by atomic mass is 16.5. The van der Waals surface area contributed by atoms with E-state index in [9.17, 15) is 9.59 Å². The summed E-state index contributed by atoms with van der Waals surface area (Å²) >= 11 is 0. The molecule has 132 valence electrons. The van der Waals surface area contributed by atoms with Gasteiger partial charge in [-0.3, -0.25) is 9.59 Å². The molecule has 1 aromatic carbocycles. The lowest BCUT2D eigenvalue weighted by molar-refractivity contribution is -0.130. The Labute approximate surface area is 143 Å². The van der Waals surface area contributed by atoms with E-state index >= 15 is 0 Å². The largest absolute Gasteiger partial charge is 0.497 e. The van der Waals surface area contributed by atoms with Crippen LogP contribution < -0.4 is 10.1 Å². The van der Waals surface area contributed by atoms with Gasteiger partial charge < -0.3 is 19.7 Å². The second kappa shape index (κ2) is 9.27. The maximum absolute atomic E-state index is 11.9. The number of hydrogen-bond donors (Lipinski definition) is 1. The molecule has 6 heteroatoms. The van der Waals surface area contributed by atoms with Crippen molar-refractivity contribution in [3.8, 4) is 5.75 Å². The van der Waals surface area contributed by atoms with Gasteiger partial charge in [-0.1, -0.05) is 12.1 Å². The van der Waals surface area contributed by atoms with E-state index in [2.05, 4.69) is 5.32 Å². The molecule has 0 saturated carbocycles. The first-order valence-electron chi connectivity index (χ1n) is 8.35. The van der Waals surface area contributed by atoms with Gasteiger partial charge in [0, 0.05) is 39.6 Å². The molecule has 24 heavy (non-hydrogen) atoms. The third-order valence-corrected chi connectivity index (χ3v) is 4.14. The molecule has 1 atom stereocenters. The summed E-state index contributed by atoms with van der Waals surface area (Å²) in [6.07, 6.45) is 2.48. The van der Waals surface area contributed by atoms with E-state index in [4.69, 9.17) is 9.47 Å². The predicted molar refractivity (Wildman–Crippen MR) is 90.7 cm³/mol. The van der Waals surface area contributed by atoms with Gasteiger partial charge in [0.1, 0.15) is 5.75 Å². The van der Waals surface area contributed by atoms with Crippen molar-refractivity contribution in [3.63, 3.8) is 0 Å². The first kappa shape index (κ1) is 18.3. The lowest BCUT2D eigenvalue weighted by Gasteiger charge is -2.21. The highest BCUT2D eigenvalue weighted by Crippen LogP contribution is 2.13. The van der Waals surface area contributed by atoms with Crippen LogP contribution in [0.2, 0.25) is 0 Å². The smallest absolute Gasteiger partial charge is 0.221 e. The Morgan fingerprint density at radius 2 is 2.08 bits per heavy atom. The van der Waals surface area contributed by atoms with Crippen LogP contribution in [-0.2, 0) is 20.9 Å². The third kappa shape index (κ3) is 5.85. The van der Waals surface area contributed by atoms with Crippen LogP contribution >= 0.6 is 0 Å². The minimum atomic E-state index is -0.0496. The molecular formula is C18H26N2O4. The molecular weight excluding hydrogens is 308 g/mol. The van der Waals surface area contributed by atoms with Crippen LogP contribution in [0.1, 0.15) is 31.7 Å². The van der Waals surface area contributed by atoms with E-state index in [1.807, 2.05) is 24.3 Å². The zero-order valence-electron chi connectivity index (χ0n) is 14.4. The lowest BCUT2D eigenvalue weighted by Crippen LogP contribution is -2.36. The molecule has 6 nitrogen and oxygen atoms in total. The Balaban J connectivity index is 1.77. The fraction of sp³-hybridized carbons (Fsp3) is 0.556. The van der Waals surface area contributed by atoms with E-state index < -0.39 is 0 Å². The summed E-state index contributed by atoms with van der Waals surface area (Å²) < 4.78 is 10.6. The molecule has 0 aromatic heterocycles. The summed E-state index contributed by atoms with van der Waals surface area (Å²) in [6, 6.07) is 7.57. The van der Waals surface area contributed by atoms with Crippen LogP contribution in [0, 0.1) is 0 Å². The monoisotopic (exact) mass is 334 g/mol. The molecule has 0 spiro atoms. The number of nitrogens with zero attached hydrogens (tertiary/aromatic N) is 1. The minimum absolute atomic E-state index is 0.0438. The highest BCUT2D eigenvalue weighted by molar-refractivity contribution is 5.78. The summed E-state index contributed by atoms with van der Waals surface area (Å²) in [4.78, 5) is 25.4. The van der Waals surface area contributed by atoms with Gasteiger partial charge in [0.05, 0.1) is 13.2 Å². The van der Waals surface area contributed by atoms with E-state index in [1.54, 1.807) is 12.0 Å². The van der Waals surface area contributed by atoms with Gasteiger partial charge in [0.15, 0.2) is 0 Å². The maximum atomic E-state index is 11.9. The van der Waals surface area contributed by atoms with Gasteiger partial charge in [-0.2, -0.15) is 0 Å². The number of hydrogen-bond acceptors (Lipinski definition) is 4. The van der Waals surface area contributed by atoms with Crippen molar-refractivity contribution < 1.29 is 19.1 Å². The first-order chi connectivity index (χ1) is 11.6. The summed E-state index contributed by atoms with van der Waals surface area (Å²) in [5.74, 6) is 0.686. The topological polar surface area (TPSA) is 67.9 Å². The molecule has 1 unspecified atom stereocenters. The molecule has 1 aliphatic rings. The summed E-state index contributed by atoms with van der Waals surface area (Å²) in [7, 11) is 1.62. The van der Waals surface area contributed by atoms with Crippen molar-refractivity contribution in [3.05, 3.63) is 29.8 Å². The summed E-state index contributed by atoms with van der Waals surface area (Å²) in [5, 5.41) is 2.88. The quantitative estimate of drug-likeness (QED) is 0.786. The first-order valence-corrected chi connectivity index (χ1v) is 8.35. The molecule has 1 aliphatic heterocycles. The van der Waals surface area contributed by atoms with Crippen molar-refractivity contribution in [1.29, 1.82) is 0 Å². The average molecular weight is 334 g/mol. The van der Waals surface area contributed by atoms with Crippen molar-refractivity contribution in [2.75, 3.05) is 26.8 Å². The van der Waals surface area contributed by atoms with E-state index in [0.29, 0.717) is 26.1 Å². The SMILES string of the molecule is COc1ccc(CN(CCC(=O)NCC2CCCO2)C(C)=O)cc1. The minimum Gasteiger partial charge on any atom is -0.497 e. The van der Waals surface area contributed by atoms with E-state index in [-0.39, 0.29) is 17.9 Å². The van der Waals surface area contributed by atoms with Crippen LogP contribution in [-0.4, -0.2) is 49.6 Å². The molecule has 0 bridgehead atoms. The highest BCUT2D eigenvalue weighted by Gasteiger charge is 2.17. The average Bonchev–Trinajstić information content (AvgIpc) is 3.10. The second-order valence-electron chi connectivity index (χ2n) is 5.98. The fourth-order valence-electron chi connectivity index (χ4n) is 2.66. The second-order valence-corrected chi connectivity index (χ2v) is 5.98. The Morgan fingerprint density at radius 1 is 1.33 bits per heavy atom. The number of benzene rings is 1. The number of amides is 2. The Bertz CT molecular complexity index is 538. The van der Waals surface area contributed by atoms with Crippen molar-refractivity contribution in [1.82, 2.24) is 10.2 Å². The normalized spacial score (nSPS) is 16.7. The number of methoxy groups -OCH3 is 1. The van der Waals surface area contributed by atoms with Gasteiger partial charge >= 0.3 is 0 Å². The molecule has 1 saturated heterocycles. The zero-order valence-corrected chi connectivity index (χ0v) is 14.4. The molecule has 1 N–H and O–H groups in total. The third-order valence-electron chi connectivity index (χ3n) is 4.14. The summed E-state index contributed by atoms with van der Waals surface area (Å²) in [6.45, 7) is 3.74. The van der Waals surface area contributed by atoms with Gasteiger partial charge in [0.25, 0.3) is 0 Å². The van der Waals surface area contributed by atoms with Crippen LogP contribution in [0.3, 0.4) is 0 Å². The van der Waals surface area contributed by atoms with Gasteiger partial charge in [-0.05, 0) is 30.5 Å². The van der Waals surface area contributed by atoms with Crippen molar-refractivity contribution in [2.24, 2.45) is 0 Å². The zero-order chi connectivity index (χ0) is 17.4.